The Balaban J connectivity index is 1.07. The van der Waals surface area contributed by atoms with E-state index in [-0.39, 0.29) is 11.5 Å². The van der Waals surface area contributed by atoms with Crippen LogP contribution in [0.1, 0.15) is 117 Å². The van der Waals surface area contributed by atoms with Crippen LogP contribution in [0.3, 0.4) is 0 Å². The van der Waals surface area contributed by atoms with Gasteiger partial charge in [0.1, 0.15) is 6.04 Å². The third-order valence-electron chi connectivity index (χ3n) is 14.3. The van der Waals surface area contributed by atoms with E-state index in [0.29, 0.717) is 11.8 Å². The van der Waals surface area contributed by atoms with Gasteiger partial charge in [-0.15, -0.1) is 0 Å². The van der Waals surface area contributed by atoms with Gasteiger partial charge in [0.15, 0.2) is 0 Å². The first kappa shape index (κ1) is 38.6. The van der Waals surface area contributed by atoms with Crippen LogP contribution in [-0.4, -0.2) is 55.4 Å². The number of hydrogen-bond acceptors (Lipinski definition) is 6. The summed E-state index contributed by atoms with van der Waals surface area (Å²) in [6.45, 7) is 15.6. The maximum absolute atomic E-state index is 14.1. The number of ether oxygens (including phenoxy) is 1. The molecule has 8 heteroatoms. The molecule has 5 aliphatic rings. The highest BCUT2D eigenvalue weighted by Crippen LogP contribution is 2.67. The molecule has 3 saturated carbocycles. The van der Waals surface area contributed by atoms with E-state index in [2.05, 4.69) is 86.0 Å². The molecule has 4 aliphatic carbocycles. The van der Waals surface area contributed by atoms with Crippen LogP contribution in [0, 0.1) is 46.3 Å². The van der Waals surface area contributed by atoms with Gasteiger partial charge in [0.2, 0.25) is 0 Å². The molecule has 1 aliphatic heterocycles. The Morgan fingerprint density at radius 3 is 2.53 bits per heavy atom. The fourth-order valence-electron chi connectivity index (χ4n) is 11.7. The Morgan fingerprint density at radius 1 is 1.04 bits per heavy atom. The molecule has 284 valence electrons. The zero-order valence-electron chi connectivity index (χ0n) is 33.0. The van der Waals surface area contributed by atoms with E-state index in [0.717, 1.165) is 73.7 Å². The number of hydrogen-bond donors (Lipinski definition) is 1. The first-order chi connectivity index (χ1) is 24.2. The largest absolute Gasteiger partial charge is 0.468 e. The molecule has 1 aromatic carbocycles. The SMILES string of the molecule is COC(=O)C(CC1=CN(Cc2ccccc2)CN1C)NP(C)(=O)OC1CC[C@@]2(C)C(=CCC3C4CCC(C(C)CCCC(C)C)[C@@]4(C)CCC32)C1. The van der Waals surface area contributed by atoms with Gasteiger partial charge in [0, 0.05) is 38.6 Å². The van der Waals surface area contributed by atoms with Crippen molar-refractivity contribution in [2.24, 2.45) is 46.3 Å². The second kappa shape index (κ2) is 15.7. The fraction of sp³-hybridized carbons (Fsp3) is 0.744. The van der Waals surface area contributed by atoms with Crippen LogP contribution in [0.15, 0.2) is 53.9 Å². The van der Waals surface area contributed by atoms with E-state index >= 15 is 0 Å². The lowest BCUT2D eigenvalue weighted by molar-refractivity contribution is -0.142. The van der Waals surface area contributed by atoms with Crippen molar-refractivity contribution in [1.82, 2.24) is 14.9 Å². The zero-order chi connectivity index (χ0) is 36.6. The number of benzene rings is 1. The monoisotopic (exact) mass is 721 g/mol. The van der Waals surface area contributed by atoms with E-state index in [1.165, 1.54) is 69.6 Å². The topological polar surface area (TPSA) is 71.1 Å². The lowest BCUT2D eigenvalue weighted by Crippen LogP contribution is -2.51. The van der Waals surface area contributed by atoms with E-state index in [1.54, 1.807) is 6.66 Å². The normalized spacial score (nSPS) is 34.2. The summed E-state index contributed by atoms with van der Waals surface area (Å²) in [6.07, 6.45) is 18.6. The lowest BCUT2D eigenvalue weighted by Gasteiger charge is -2.58. The summed E-state index contributed by atoms with van der Waals surface area (Å²) in [7, 11) is 0.104. The Kier molecular flexibility index (Phi) is 11.9. The van der Waals surface area contributed by atoms with Gasteiger partial charge in [-0.05, 0) is 103 Å². The van der Waals surface area contributed by atoms with Gasteiger partial charge < -0.3 is 19.1 Å². The summed E-state index contributed by atoms with van der Waals surface area (Å²) in [5, 5.41) is 3.14. The number of esters is 1. The van der Waals surface area contributed by atoms with Crippen molar-refractivity contribution in [3.63, 3.8) is 0 Å². The molecule has 1 aromatic rings. The molecule has 1 N–H and O–H groups in total. The quantitative estimate of drug-likeness (QED) is 0.117. The molecule has 7 nitrogen and oxygen atoms in total. The third-order valence-corrected chi connectivity index (χ3v) is 15.8. The Hall–Kier alpha value is -2.08. The van der Waals surface area contributed by atoms with Crippen molar-refractivity contribution < 1.29 is 18.6 Å². The Bertz CT molecular complexity index is 1480. The van der Waals surface area contributed by atoms with Crippen LogP contribution in [0.2, 0.25) is 0 Å². The molecule has 10 atom stereocenters. The first-order valence-corrected chi connectivity index (χ1v) is 22.3. The molecule has 8 unspecified atom stereocenters. The highest BCUT2D eigenvalue weighted by Gasteiger charge is 2.59. The maximum atomic E-state index is 14.1. The predicted molar refractivity (Wildman–Crippen MR) is 208 cm³/mol. The zero-order valence-corrected chi connectivity index (χ0v) is 33.9. The molecule has 0 aromatic heterocycles. The van der Waals surface area contributed by atoms with Crippen molar-refractivity contribution in [3.05, 3.63) is 59.4 Å². The molecule has 3 fully saturated rings. The number of rotatable bonds is 14. The Morgan fingerprint density at radius 2 is 1.80 bits per heavy atom. The number of methoxy groups -OCH3 is 1. The smallest absolute Gasteiger partial charge is 0.323 e. The number of carbonyl (C=O) groups is 1. The minimum Gasteiger partial charge on any atom is -0.468 e. The van der Waals surface area contributed by atoms with E-state index in [9.17, 15) is 9.36 Å². The molecule has 0 saturated heterocycles. The summed E-state index contributed by atoms with van der Waals surface area (Å²) in [6, 6.07) is 9.61. The highest BCUT2D eigenvalue weighted by molar-refractivity contribution is 7.56. The highest BCUT2D eigenvalue weighted by atomic mass is 31.2. The van der Waals surface area contributed by atoms with Crippen LogP contribution < -0.4 is 5.09 Å². The molecule has 0 amide bonds. The van der Waals surface area contributed by atoms with Crippen LogP contribution >= 0.6 is 7.52 Å². The molecule has 1 heterocycles. The van der Waals surface area contributed by atoms with Crippen LogP contribution in [0.5, 0.6) is 0 Å². The van der Waals surface area contributed by atoms with Crippen molar-refractivity contribution >= 4 is 13.5 Å². The number of allylic oxidation sites excluding steroid dienone is 1. The van der Waals surface area contributed by atoms with Gasteiger partial charge >= 0.3 is 5.97 Å². The number of fused-ring (bicyclic) bond motifs is 5. The number of nitrogens with one attached hydrogen (secondary N) is 1. The van der Waals surface area contributed by atoms with Crippen LogP contribution in [0.4, 0.5) is 0 Å². The van der Waals surface area contributed by atoms with Gasteiger partial charge in [-0.3, -0.25) is 9.36 Å². The fourth-order valence-corrected chi connectivity index (χ4v) is 13.3. The van der Waals surface area contributed by atoms with Crippen LogP contribution in [-0.2, 0) is 25.2 Å². The van der Waals surface area contributed by atoms with E-state index in [4.69, 9.17) is 9.26 Å². The predicted octanol–water partition coefficient (Wildman–Crippen LogP) is 10.0. The standard InChI is InChI=1S/C43H68N3O4P/c1-30(2)13-12-14-31(3)37-19-20-38-36-18-17-33-25-35(21-23-42(33,4)39(36)22-24-43(37,38)5)50-51(8,48)44-40(41(47)49-7)26-34-28-46(29-45(34)6)27-32-15-10-9-11-16-32/h9-11,15-17,28,30-31,35-40H,12-14,18-27,29H2,1-8H3,(H,44,48)/t31?,35?,36?,37?,38?,39?,40?,42-,43+,51?/m0/s1. The van der Waals surface area contributed by atoms with E-state index < -0.39 is 19.5 Å². The average Bonchev–Trinajstić information content (AvgIpc) is 3.62. The molecule has 0 spiro atoms. The van der Waals surface area contributed by atoms with E-state index in [1.807, 2.05) is 13.1 Å². The molecule has 51 heavy (non-hydrogen) atoms. The lowest BCUT2D eigenvalue weighted by atomic mass is 9.47. The number of carbonyl (C=O) groups excluding carboxylic acids is 1. The number of nitrogens with zero attached hydrogens (tertiary/aromatic N) is 2. The van der Waals surface area contributed by atoms with Crippen molar-refractivity contribution in [2.75, 3.05) is 27.5 Å². The molecule has 6 rings (SSSR count). The third kappa shape index (κ3) is 8.36. The van der Waals surface area contributed by atoms with Gasteiger partial charge in [-0.1, -0.05) is 95.9 Å². The molecular weight excluding hydrogens is 653 g/mol. The molecular formula is C43H68N3O4P. The summed E-state index contributed by atoms with van der Waals surface area (Å²) in [5.74, 6) is 4.45. The van der Waals surface area contributed by atoms with Crippen molar-refractivity contribution in [3.8, 4) is 0 Å². The average molecular weight is 722 g/mol. The van der Waals surface area contributed by atoms with Gasteiger partial charge in [-0.25, -0.2) is 5.09 Å². The molecule has 0 radical (unpaired) electrons. The first-order valence-electron chi connectivity index (χ1n) is 20.2. The van der Waals surface area contributed by atoms with Crippen LogP contribution in [0.25, 0.3) is 0 Å². The summed E-state index contributed by atoms with van der Waals surface area (Å²) >= 11 is 0. The summed E-state index contributed by atoms with van der Waals surface area (Å²) in [4.78, 5) is 17.4. The maximum Gasteiger partial charge on any atom is 0.323 e. The summed E-state index contributed by atoms with van der Waals surface area (Å²) in [5.41, 5.74) is 4.45. The van der Waals surface area contributed by atoms with Crippen molar-refractivity contribution in [1.29, 1.82) is 0 Å². The Labute approximate surface area is 309 Å². The second-order valence-corrected chi connectivity index (χ2v) is 20.4. The molecule has 0 bridgehead atoms. The minimum absolute atomic E-state index is 0.117. The summed E-state index contributed by atoms with van der Waals surface area (Å²) < 4.78 is 25.7. The second-order valence-electron chi connectivity index (χ2n) is 18.2. The van der Waals surface area contributed by atoms with Gasteiger partial charge in [0.25, 0.3) is 7.52 Å². The minimum atomic E-state index is -3.32. The van der Waals surface area contributed by atoms with Gasteiger partial charge in [-0.2, -0.15) is 0 Å². The van der Waals surface area contributed by atoms with Gasteiger partial charge in [0.05, 0.1) is 19.9 Å². The van der Waals surface area contributed by atoms with Crippen molar-refractivity contribution in [2.45, 2.75) is 130 Å².